The molecular formula is C16H24BrFN2. The summed E-state index contributed by atoms with van der Waals surface area (Å²) in [6, 6.07) is 5.78. The summed E-state index contributed by atoms with van der Waals surface area (Å²) in [7, 11) is 0. The van der Waals surface area contributed by atoms with Gasteiger partial charge < -0.3 is 5.32 Å². The summed E-state index contributed by atoms with van der Waals surface area (Å²) >= 11 is 3.23. The molecule has 1 saturated heterocycles. The maximum absolute atomic E-state index is 13.2. The first-order chi connectivity index (χ1) is 9.36. The van der Waals surface area contributed by atoms with Crippen molar-refractivity contribution in [3.8, 4) is 0 Å². The average Bonchev–Trinajstić information content (AvgIpc) is 2.40. The van der Waals surface area contributed by atoms with Gasteiger partial charge in [0.05, 0.1) is 4.47 Å². The molecule has 0 amide bonds. The van der Waals surface area contributed by atoms with Crippen LogP contribution in [-0.4, -0.2) is 29.6 Å². The van der Waals surface area contributed by atoms with Crippen molar-refractivity contribution in [1.82, 2.24) is 10.2 Å². The Balaban J connectivity index is 1.80. The molecule has 1 aromatic carbocycles. The number of benzene rings is 1. The number of piperidine rings is 1. The highest BCUT2D eigenvalue weighted by molar-refractivity contribution is 9.10. The van der Waals surface area contributed by atoms with Crippen LogP contribution in [-0.2, 0) is 6.54 Å². The number of nitrogens with one attached hydrogen (secondary N) is 1. The van der Waals surface area contributed by atoms with Crippen LogP contribution < -0.4 is 5.32 Å². The monoisotopic (exact) mass is 342 g/mol. The van der Waals surface area contributed by atoms with Crippen LogP contribution >= 0.6 is 15.9 Å². The van der Waals surface area contributed by atoms with Gasteiger partial charge in [0.1, 0.15) is 5.82 Å². The van der Waals surface area contributed by atoms with Gasteiger partial charge in [-0.05, 0) is 67.2 Å². The zero-order valence-corrected chi connectivity index (χ0v) is 14.1. The maximum atomic E-state index is 13.2. The fourth-order valence-electron chi connectivity index (χ4n) is 2.67. The van der Waals surface area contributed by atoms with E-state index in [4.69, 9.17) is 0 Å². The van der Waals surface area contributed by atoms with E-state index < -0.39 is 0 Å². The fourth-order valence-corrected chi connectivity index (χ4v) is 3.09. The average molecular weight is 343 g/mol. The van der Waals surface area contributed by atoms with Crippen LogP contribution in [0.1, 0.15) is 39.2 Å². The highest BCUT2D eigenvalue weighted by Gasteiger charge is 2.26. The Labute approximate surface area is 129 Å². The van der Waals surface area contributed by atoms with Gasteiger partial charge in [0.25, 0.3) is 0 Å². The molecule has 4 heteroatoms. The lowest BCUT2D eigenvalue weighted by Crippen LogP contribution is -2.49. The largest absolute Gasteiger partial charge is 0.310 e. The molecule has 1 fully saturated rings. The van der Waals surface area contributed by atoms with Crippen molar-refractivity contribution >= 4 is 15.9 Å². The zero-order chi connectivity index (χ0) is 14.8. The van der Waals surface area contributed by atoms with Crippen molar-refractivity contribution in [2.45, 2.75) is 51.7 Å². The molecule has 0 radical (unpaired) electrons. The summed E-state index contributed by atoms with van der Waals surface area (Å²) in [5, 5.41) is 3.59. The van der Waals surface area contributed by atoms with Crippen molar-refractivity contribution < 1.29 is 4.39 Å². The molecule has 1 N–H and O–H groups in total. The number of hydrogen-bond donors (Lipinski definition) is 1. The Bertz CT molecular complexity index is 448. The molecule has 2 nitrogen and oxygen atoms in total. The molecule has 0 saturated carbocycles. The number of halogens is 2. The minimum Gasteiger partial charge on any atom is -0.310 e. The molecule has 1 aromatic rings. The molecule has 0 unspecified atom stereocenters. The predicted molar refractivity (Wildman–Crippen MR) is 85.3 cm³/mol. The number of rotatable bonds is 3. The first-order valence-electron chi connectivity index (χ1n) is 7.28. The second-order valence-electron chi connectivity index (χ2n) is 6.56. The molecule has 0 atom stereocenters. The summed E-state index contributed by atoms with van der Waals surface area (Å²) in [6.07, 6.45) is 2.36. The first kappa shape index (κ1) is 15.9. The zero-order valence-electron chi connectivity index (χ0n) is 12.5. The fraction of sp³-hybridized carbons (Fsp3) is 0.625. The second-order valence-corrected chi connectivity index (χ2v) is 7.42. The lowest BCUT2D eigenvalue weighted by molar-refractivity contribution is 0.0960. The topological polar surface area (TPSA) is 15.3 Å². The maximum Gasteiger partial charge on any atom is 0.137 e. The van der Waals surface area contributed by atoms with Crippen LogP contribution in [0.4, 0.5) is 4.39 Å². The minimum absolute atomic E-state index is 0.202. The van der Waals surface area contributed by atoms with E-state index in [1.807, 2.05) is 12.1 Å². The van der Waals surface area contributed by atoms with E-state index in [1.165, 1.54) is 18.9 Å². The molecule has 1 aliphatic rings. The summed E-state index contributed by atoms with van der Waals surface area (Å²) in [6.45, 7) is 9.92. The SMILES string of the molecule is CC(C)(C)N1CCC(NCc2ccc(F)c(Br)c2)CC1. The lowest BCUT2D eigenvalue weighted by atomic mass is 9.98. The molecule has 112 valence electrons. The Kier molecular flexibility index (Phi) is 5.21. The molecular weight excluding hydrogens is 319 g/mol. The van der Waals surface area contributed by atoms with E-state index >= 15 is 0 Å². The van der Waals surface area contributed by atoms with Gasteiger partial charge in [-0.15, -0.1) is 0 Å². The van der Waals surface area contributed by atoms with E-state index in [0.29, 0.717) is 10.5 Å². The first-order valence-corrected chi connectivity index (χ1v) is 8.08. The summed E-state index contributed by atoms with van der Waals surface area (Å²) in [5.41, 5.74) is 1.39. The van der Waals surface area contributed by atoms with E-state index in [9.17, 15) is 4.39 Å². The van der Waals surface area contributed by atoms with Crippen LogP contribution in [0.2, 0.25) is 0 Å². The standard InChI is InChI=1S/C16H24BrFN2/c1-16(2,3)20-8-6-13(7-9-20)19-11-12-4-5-15(18)14(17)10-12/h4-5,10,13,19H,6-9,11H2,1-3H3. The quantitative estimate of drug-likeness (QED) is 0.894. The Morgan fingerprint density at radius 3 is 2.50 bits per heavy atom. The van der Waals surface area contributed by atoms with Crippen LogP contribution in [0.5, 0.6) is 0 Å². The smallest absolute Gasteiger partial charge is 0.137 e. The van der Waals surface area contributed by atoms with E-state index in [-0.39, 0.29) is 11.4 Å². The van der Waals surface area contributed by atoms with Gasteiger partial charge in [-0.1, -0.05) is 6.07 Å². The van der Waals surface area contributed by atoms with Gasteiger partial charge in [0.15, 0.2) is 0 Å². The van der Waals surface area contributed by atoms with Crippen molar-refractivity contribution in [1.29, 1.82) is 0 Å². The van der Waals surface area contributed by atoms with Crippen LogP contribution in [0, 0.1) is 5.82 Å². The molecule has 1 heterocycles. The molecule has 2 rings (SSSR count). The number of likely N-dealkylation sites (tertiary alicyclic amines) is 1. The van der Waals surface area contributed by atoms with Gasteiger partial charge in [0, 0.05) is 31.2 Å². The van der Waals surface area contributed by atoms with Crippen molar-refractivity contribution in [3.05, 3.63) is 34.1 Å². The molecule has 20 heavy (non-hydrogen) atoms. The van der Waals surface area contributed by atoms with Gasteiger partial charge in [-0.2, -0.15) is 0 Å². The van der Waals surface area contributed by atoms with Crippen molar-refractivity contribution in [3.63, 3.8) is 0 Å². The Morgan fingerprint density at radius 1 is 1.30 bits per heavy atom. The van der Waals surface area contributed by atoms with Gasteiger partial charge in [0.2, 0.25) is 0 Å². The Hall–Kier alpha value is -0.450. The third-order valence-corrected chi connectivity index (χ3v) is 4.63. The molecule has 0 aromatic heterocycles. The minimum atomic E-state index is -0.202. The van der Waals surface area contributed by atoms with Gasteiger partial charge >= 0.3 is 0 Å². The Morgan fingerprint density at radius 2 is 1.95 bits per heavy atom. The predicted octanol–water partition coefficient (Wildman–Crippen LogP) is 3.94. The van der Waals surface area contributed by atoms with Crippen molar-refractivity contribution in [2.75, 3.05) is 13.1 Å². The highest BCUT2D eigenvalue weighted by Crippen LogP contribution is 2.21. The van der Waals surface area contributed by atoms with E-state index in [1.54, 1.807) is 0 Å². The van der Waals surface area contributed by atoms with Crippen molar-refractivity contribution in [2.24, 2.45) is 0 Å². The lowest BCUT2D eigenvalue weighted by Gasteiger charge is -2.41. The normalized spacial score (nSPS) is 18.4. The molecule has 0 aliphatic carbocycles. The highest BCUT2D eigenvalue weighted by atomic mass is 79.9. The van der Waals surface area contributed by atoms with Gasteiger partial charge in [-0.25, -0.2) is 4.39 Å². The molecule has 1 aliphatic heterocycles. The summed E-state index contributed by atoms with van der Waals surface area (Å²) in [5.74, 6) is -0.202. The summed E-state index contributed by atoms with van der Waals surface area (Å²) < 4.78 is 13.7. The van der Waals surface area contributed by atoms with E-state index in [2.05, 4.69) is 46.9 Å². The van der Waals surface area contributed by atoms with E-state index in [0.717, 1.165) is 25.2 Å². The number of nitrogens with zero attached hydrogens (tertiary/aromatic N) is 1. The third kappa shape index (κ3) is 4.27. The number of hydrogen-bond acceptors (Lipinski definition) is 2. The second kappa shape index (κ2) is 6.54. The van der Waals surface area contributed by atoms with Crippen LogP contribution in [0.25, 0.3) is 0 Å². The van der Waals surface area contributed by atoms with Crippen LogP contribution in [0.3, 0.4) is 0 Å². The summed E-state index contributed by atoms with van der Waals surface area (Å²) in [4.78, 5) is 2.54. The molecule has 0 bridgehead atoms. The molecule has 0 spiro atoms. The van der Waals surface area contributed by atoms with Gasteiger partial charge in [-0.3, -0.25) is 4.90 Å². The van der Waals surface area contributed by atoms with Crippen LogP contribution in [0.15, 0.2) is 22.7 Å². The third-order valence-electron chi connectivity index (χ3n) is 4.02.